The first-order valence-electron chi connectivity index (χ1n) is 10.2. The van der Waals surface area contributed by atoms with E-state index >= 15 is 0 Å². The average molecular weight is 347 g/mol. The molecule has 0 aromatic rings. The quantitative estimate of drug-likeness (QED) is 0.562. The van der Waals surface area contributed by atoms with Gasteiger partial charge in [-0.1, -0.05) is 13.8 Å². The maximum absolute atomic E-state index is 12.5. The van der Waals surface area contributed by atoms with Crippen molar-refractivity contribution in [1.82, 2.24) is 0 Å². The molecule has 7 unspecified atom stereocenters. The molecular formula is C22H34O3. The summed E-state index contributed by atoms with van der Waals surface area (Å²) < 4.78 is 5.21. The van der Waals surface area contributed by atoms with Gasteiger partial charge in [-0.3, -0.25) is 4.79 Å². The largest absolute Gasteiger partial charge is 0.504 e. The Balaban J connectivity index is 1.66. The highest BCUT2D eigenvalue weighted by molar-refractivity contribution is 5.96. The second-order valence-electron chi connectivity index (χ2n) is 10.1. The van der Waals surface area contributed by atoms with Crippen LogP contribution in [0.5, 0.6) is 0 Å². The van der Waals surface area contributed by atoms with Crippen molar-refractivity contribution in [1.29, 1.82) is 0 Å². The van der Waals surface area contributed by atoms with Crippen LogP contribution in [0.4, 0.5) is 0 Å². The van der Waals surface area contributed by atoms with Gasteiger partial charge in [0.25, 0.3) is 0 Å². The van der Waals surface area contributed by atoms with Gasteiger partial charge in [-0.25, -0.2) is 0 Å². The summed E-state index contributed by atoms with van der Waals surface area (Å²) in [6, 6.07) is 0. The van der Waals surface area contributed by atoms with Gasteiger partial charge < -0.3 is 9.84 Å². The van der Waals surface area contributed by atoms with Crippen molar-refractivity contribution in [2.45, 2.75) is 77.7 Å². The van der Waals surface area contributed by atoms with Crippen LogP contribution in [0.1, 0.15) is 72.1 Å². The molecule has 0 amide bonds. The first-order chi connectivity index (χ1) is 11.7. The Hall–Kier alpha value is -0.830. The zero-order valence-electron chi connectivity index (χ0n) is 16.3. The second-order valence-corrected chi connectivity index (χ2v) is 10.1. The number of Topliss-reactive ketones (excluding diaryl/α,β-unsaturated/α-hetero) is 1. The van der Waals surface area contributed by atoms with Gasteiger partial charge in [-0.15, -0.1) is 0 Å². The molecule has 4 aliphatic rings. The Morgan fingerprint density at radius 3 is 2.52 bits per heavy atom. The molecule has 4 rings (SSSR count). The molecular weight excluding hydrogens is 312 g/mol. The summed E-state index contributed by atoms with van der Waals surface area (Å²) in [6.07, 6.45) is 10.2. The fourth-order valence-electron chi connectivity index (χ4n) is 7.50. The van der Waals surface area contributed by atoms with E-state index < -0.39 is 5.60 Å². The summed E-state index contributed by atoms with van der Waals surface area (Å²) in [7, 11) is 1.64. The van der Waals surface area contributed by atoms with E-state index in [1.165, 1.54) is 25.7 Å². The van der Waals surface area contributed by atoms with E-state index in [1.54, 1.807) is 13.4 Å². The number of ketones is 1. The second kappa shape index (κ2) is 5.58. The normalized spacial score (nSPS) is 54.0. The van der Waals surface area contributed by atoms with Gasteiger partial charge in [-0.2, -0.15) is 0 Å². The van der Waals surface area contributed by atoms with Gasteiger partial charge in [0.1, 0.15) is 0 Å². The molecule has 25 heavy (non-hydrogen) atoms. The number of fused-ring (bicyclic) bond motifs is 5. The molecule has 7 atom stereocenters. The van der Waals surface area contributed by atoms with Crippen LogP contribution in [0.3, 0.4) is 0 Å². The van der Waals surface area contributed by atoms with Gasteiger partial charge in [0.05, 0.1) is 19.0 Å². The Bertz CT molecular complexity index is 606. The summed E-state index contributed by atoms with van der Waals surface area (Å²) >= 11 is 0. The van der Waals surface area contributed by atoms with Gasteiger partial charge in [-0.05, 0) is 86.4 Å². The summed E-state index contributed by atoms with van der Waals surface area (Å²) in [4.78, 5) is 12.5. The monoisotopic (exact) mass is 346 g/mol. The number of hydrogen-bond acceptors (Lipinski definition) is 3. The van der Waals surface area contributed by atoms with Crippen molar-refractivity contribution in [3.8, 4) is 0 Å². The van der Waals surface area contributed by atoms with Gasteiger partial charge in [0.2, 0.25) is 0 Å². The molecule has 1 N–H and O–H groups in total. The lowest BCUT2D eigenvalue weighted by atomic mass is 9.44. The Morgan fingerprint density at radius 2 is 1.80 bits per heavy atom. The predicted molar refractivity (Wildman–Crippen MR) is 97.8 cm³/mol. The van der Waals surface area contributed by atoms with E-state index in [2.05, 4.69) is 20.8 Å². The van der Waals surface area contributed by atoms with Crippen LogP contribution in [0.15, 0.2) is 11.8 Å². The fraction of sp³-hybridized carbons (Fsp3) is 0.864. The third kappa shape index (κ3) is 2.30. The molecule has 0 radical (unpaired) electrons. The Labute approximate surface area is 152 Å². The molecule has 4 aliphatic carbocycles. The lowest BCUT2D eigenvalue weighted by Gasteiger charge is -2.61. The van der Waals surface area contributed by atoms with Gasteiger partial charge in [0, 0.05) is 12.0 Å². The molecule has 0 aromatic carbocycles. The number of carbonyl (C=O) groups is 1. The highest BCUT2D eigenvalue weighted by Crippen LogP contribution is 2.68. The number of hydrogen-bond donors (Lipinski definition) is 1. The maximum Gasteiger partial charge on any atom is 0.162 e. The zero-order chi connectivity index (χ0) is 18.0. The first kappa shape index (κ1) is 17.6. The van der Waals surface area contributed by atoms with Crippen LogP contribution in [-0.4, -0.2) is 23.6 Å². The minimum Gasteiger partial charge on any atom is -0.504 e. The van der Waals surface area contributed by atoms with Crippen molar-refractivity contribution < 1.29 is 14.6 Å². The van der Waals surface area contributed by atoms with Crippen LogP contribution in [-0.2, 0) is 9.53 Å². The van der Waals surface area contributed by atoms with Gasteiger partial charge in [0.15, 0.2) is 5.78 Å². The summed E-state index contributed by atoms with van der Waals surface area (Å²) in [5, 5.41) is 11.0. The van der Waals surface area contributed by atoms with Crippen LogP contribution in [0.2, 0.25) is 0 Å². The van der Waals surface area contributed by atoms with Crippen molar-refractivity contribution in [3.63, 3.8) is 0 Å². The number of rotatable bonds is 1. The standard InChI is InChI=1S/C22H34O3/c1-20-12-14(13-25-4)19(23)11-15(20)5-6-16-17(20)7-9-21(2)18(16)8-10-22(21,3)24/h13,15-18,24H,5-12H2,1-4H3/b14-13-. The molecule has 0 saturated heterocycles. The fourth-order valence-corrected chi connectivity index (χ4v) is 7.50. The molecule has 140 valence electrons. The molecule has 4 fully saturated rings. The topological polar surface area (TPSA) is 46.5 Å². The lowest BCUT2D eigenvalue weighted by molar-refractivity contribution is -0.147. The smallest absolute Gasteiger partial charge is 0.162 e. The average Bonchev–Trinajstić information content (AvgIpc) is 2.79. The summed E-state index contributed by atoms with van der Waals surface area (Å²) in [5.74, 6) is 2.87. The van der Waals surface area contributed by atoms with Crippen molar-refractivity contribution in [2.24, 2.45) is 34.5 Å². The lowest BCUT2D eigenvalue weighted by Crippen LogP contribution is -2.56. The number of allylic oxidation sites excluding steroid dienone is 1. The van der Waals surface area contributed by atoms with E-state index in [-0.39, 0.29) is 10.8 Å². The number of ether oxygens (including phenoxy) is 1. The first-order valence-corrected chi connectivity index (χ1v) is 10.2. The van der Waals surface area contributed by atoms with Crippen LogP contribution in [0.25, 0.3) is 0 Å². The van der Waals surface area contributed by atoms with Crippen molar-refractivity contribution in [3.05, 3.63) is 11.8 Å². The molecule has 0 spiro atoms. The molecule has 4 saturated carbocycles. The molecule has 0 aliphatic heterocycles. The number of methoxy groups -OCH3 is 1. The van der Waals surface area contributed by atoms with E-state index in [9.17, 15) is 9.90 Å². The van der Waals surface area contributed by atoms with E-state index in [0.29, 0.717) is 35.9 Å². The SMILES string of the molecule is CO/C=C1/CC2(C)C(CCC3C2CCC2(C)C3CCC2(C)O)CC1=O. The Morgan fingerprint density at radius 1 is 1.08 bits per heavy atom. The predicted octanol–water partition coefficient (Wildman–Crippen LogP) is 4.49. The van der Waals surface area contributed by atoms with Crippen molar-refractivity contribution >= 4 is 5.78 Å². The molecule has 0 aromatic heterocycles. The summed E-state index contributed by atoms with van der Waals surface area (Å²) in [6.45, 7) is 6.86. The van der Waals surface area contributed by atoms with E-state index in [0.717, 1.165) is 24.8 Å². The minimum absolute atomic E-state index is 0.0764. The van der Waals surface area contributed by atoms with E-state index in [1.807, 2.05) is 0 Å². The maximum atomic E-state index is 12.5. The highest BCUT2D eigenvalue weighted by atomic mass is 16.5. The molecule has 0 heterocycles. The minimum atomic E-state index is -0.510. The molecule has 0 bridgehead atoms. The Kier molecular flexibility index (Phi) is 3.92. The third-order valence-electron chi connectivity index (χ3n) is 9.25. The van der Waals surface area contributed by atoms with Crippen LogP contribution >= 0.6 is 0 Å². The number of carbonyl (C=O) groups excluding carboxylic acids is 1. The van der Waals surface area contributed by atoms with Crippen molar-refractivity contribution in [2.75, 3.05) is 7.11 Å². The van der Waals surface area contributed by atoms with Crippen LogP contribution < -0.4 is 0 Å². The van der Waals surface area contributed by atoms with E-state index in [4.69, 9.17) is 4.74 Å². The number of aliphatic hydroxyl groups is 1. The molecule has 3 nitrogen and oxygen atoms in total. The van der Waals surface area contributed by atoms with Crippen LogP contribution in [0, 0.1) is 34.5 Å². The zero-order valence-corrected chi connectivity index (χ0v) is 16.3. The van der Waals surface area contributed by atoms with Gasteiger partial charge >= 0.3 is 0 Å². The molecule has 3 heteroatoms. The third-order valence-corrected chi connectivity index (χ3v) is 9.25. The highest BCUT2D eigenvalue weighted by Gasteiger charge is 2.63. The summed E-state index contributed by atoms with van der Waals surface area (Å²) in [5.41, 5.74) is 0.683.